The van der Waals surface area contributed by atoms with Gasteiger partial charge in [-0.2, -0.15) is 0 Å². The average molecular weight is 423 g/mol. The van der Waals surface area contributed by atoms with Crippen molar-refractivity contribution in [3.05, 3.63) is 76.9 Å². The van der Waals surface area contributed by atoms with Gasteiger partial charge in [0.25, 0.3) is 0 Å². The SMILES string of the molecule is COc1ccc(CO[C@H]2C[C@H]3C(=O)O[C@@H](C)c4ccccc4[C@H](C)O[C@@H]3C=C2C)cc1. The molecule has 4 rings (SSSR count). The molecule has 31 heavy (non-hydrogen) atoms. The van der Waals surface area contributed by atoms with E-state index in [2.05, 4.69) is 0 Å². The first-order valence-corrected chi connectivity index (χ1v) is 10.8. The van der Waals surface area contributed by atoms with Gasteiger partial charge in [-0.1, -0.05) is 42.5 Å². The lowest BCUT2D eigenvalue weighted by Gasteiger charge is -2.34. The number of benzene rings is 2. The molecule has 5 nitrogen and oxygen atoms in total. The first kappa shape index (κ1) is 21.6. The smallest absolute Gasteiger partial charge is 0.312 e. The molecule has 0 amide bonds. The number of fused-ring (bicyclic) bond motifs is 2. The minimum Gasteiger partial charge on any atom is -0.497 e. The predicted octanol–water partition coefficient (Wildman–Crippen LogP) is 5.31. The van der Waals surface area contributed by atoms with Crippen molar-refractivity contribution in [1.29, 1.82) is 0 Å². The molecule has 0 fully saturated rings. The Balaban J connectivity index is 1.52. The van der Waals surface area contributed by atoms with Crippen molar-refractivity contribution >= 4 is 5.97 Å². The van der Waals surface area contributed by atoms with Crippen molar-refractivity contribution in [3.8, 4) is 5.75 Å². The second-order valence-electron chi connectivity index (χ2n) is 8.35. The van der Waals surface area contributed by atoms with Gasteiger partial charge in [0.1, 0.15) is 11.9 Å². The molecule has 0 aromatic heterocycles. The standard InChI is InChI=1S/C26H30O5/c1-16-13-25-23(14-24(16)29-15-19-9-11-20(28-4)12-10-19)26(27)31-18(3)22-8-6-5-7-21(22)17(2)30-25/h5-13,17-18,23-25H,14-15H2,1-4H3/t17-,18-,23+,24-,25+/m0/s1. The Kier molecular flexibility index (Phi) is 6.44. The Bertz CT molecular complexity index is 949. The fraction of sp³-hybridized carbons (Fsp3) is 0.423. The summed E-state index contributed by atoms with van der Waals surface area (Å²) in [4.78, 5) is 13.1. The van der Waals surface area contributed by atoms with Crippen LogP contribution in [0.4, 0.5) is 0 Å². The zero-order valence-electron chi connectivity index (χ0n) is 18.5. The molecular formula is C26H30O5. The van der Waals surface area contributed by atoms with Crippen molar-refractivity contribution < 1.29 is 23.7 Å². The van der Waals surface area contributed by atoms with Crippen LogP contribution in [0.3, 0.4) is 0 Å². The van der Waals surface area contributed by atoms with Crippen molar-refractivity contribution in [1.82, 2.24) is 0 Å². The van der Waals surface area contributed by atoms with Gasteiger partial charge in [-0.05, 0) is 61.6 Å². The third-order valence-corrected chi connectivity index (χ3v) is 6.24. The molecule has 164 valence electrons. The van der Waals surface area contributed by atoms with Gasteiger partial charge in [0.2, 0.25) is 0 Å². The number of carbonyl (C=O) groups is 1. The second kappa shape index (κ2) is 9.25. The summed E-state index contributed by atoms with van der Waals surface area (Å²) in [5, 5.41) is 0. The second-order valence-corrected chi connectivity index (χ2v) is 8.35. The topological polar surface area (TPSA) is 54.0 Å². The van der Waals surface area contributed by atoms with E-state index in [0.29, 0.717) is 13.0 Å². The Labute approximate surface area is 184 Å². The molecule has 0 radical (unpaired) electrons. The van der Waals surface area contributed by atoms with Gasteiger partial charge in [0, 0.05) is 0 Å². The summed E-state index contributed by atoms with van der Waals surface area (Å²) in [6.45, 7) is 6.46. The van der Waals surface area contributed by atoms with Crippen molar-refractivity contribution in [2.45, 2.75) is 58.2 Å². The Hall–Kier alpha value is -2.63. The van der Waals surface area contributed by atoms with Crippen LogP contribution < -0.4 is 4.74 Å². The number of carbonyl (C=O) groups excluding carboxylic acids is 1. The lowest BCUT2D eigenvalue weighted by Crippen LogP contribution is -2.39. The van der Waals surface area contributed by atoms with E-state index in [0.717, 1.165) is 28.0 Å². The minimum atomic E-state index is -0.399. The van der Waals surface area contributed by atoms with Crippen LogP contribution in [-0.4, -0.2) is 25.3 Å². The van der Waals surface area contributed by atoms with E-state index in [1.54, 1.807) is 7.11 Å². The molecule has 1 aliphatic heterocycles. The Morgan fingerprint density at radius 2 is 1.68 bits per heavy atom. The summed E-state index contributed by atoms with van der Waals surface area (Å²) in [6.07, 6.45) is 1.62. The molecule has 0 bridgehead atoms. The van der Waals surface area contributed by atoms with E-state index in [4.69, 9.17) is 18.9 Å². The zero-order chi connectivity index (χ0) is 22.0. The number of hydrogen-bond acceptors (Lipinski definition) is 5. The predicted molar refractivity (Wildman–Crippen MR) is 118 cm³/mol. The van der Waals surface area contributed by atoms with Gasteiger partial charge >= 0.3 is 5.97 Å². The fourth-order valence-electron chi connectivity index (χ4n) is 4.40. The molecule has 0 saturated carbocycles. The molecule has 1 aliphatic carbocycles. The number of cyclic esters (lactones) is 1. The van der Waals surface area contributed by atoms with E-state index >= 15 is 0 Å². The van der Waals surface area contributed by atoms with Crippen LogP contribution in [0, 0.1) is 5.92 Å². The number of methoxy groups -OCH3 is 1. The molecular weight excluding hydrogens is 392 g/mol. The highest BCUT2D eigenvalue weighted by Crippen LogP contribution is 2.38. The maximum Gasteiger partial charge on any atom is 0.312 e. The summed E-state index contributed by atoms with van der Waals surface area (Å²) < 4.78 is 23.7. The van der Waals surface area contributed by atoms with E-state index in [9.17, 15) is 4.79 Å². The molecule has 2 aromatic rings. The maximum absolute atomic E-state index is 13.1. The van der Waals surface area contributed by atoms with Gasteiger partial charge in [0.05, 0.1) is 37.9 Å². The maximum atomic E-state index is 13.1. The number of hydrogen-bond donors (Lipinski definition) is 0. The van der Waals surface area contributed by atoms with Gasteiger partial charge in [-0.25, -0.2) is 0 Å². The quantitative estimate of drug-likeness (QED) is 0.494. The molecule has 0 saturated heterocycles. The third kappa shape index (κ3) is 4.68. The van der Waals surface area contributed by atoms with Crippen LogP contribution in [0.2, 0.25) is 0 Å². The number of rotatable bonds is 4. The highest BCUT2D eigenvalue weighted by Gasteiger charge is 2.39. The average Bonchev–Trinajstić information content (AvgIpc) is 2.81. The molecule has 0 N–H and O–H groups in total. The highest BCUT2D eigenvalue weighted by molar-refractivity contribution is 5.74. The summed E-state index contributed by atoms with van der Waals surface area (Å²) in [6, 6.07) is 15.8. The molecule has 0 spiro atoms. The molecule has 2 aliphatic rings. The van der Waals surface area contributed by atoms with Gasteiger partial charge in [-0.15, -0.1) is 0 Å². The normalized spacial score (nSPS) is 28.2. The first-order valence-electron chi connectivity index (χ1n) is 10.8. The molecule has 5 atom stereocenters. The van der Waals surface area contributed by atoms with E-state index < -0.39 is 5.92 Å². The van der Waals surface area contributed by atoms with Gasteiger partial charge < -0.3 is 18.9 Å². The third-order valence-electron chi connectivity index (χ3n) is 6.24. The largest absolute Gasteiger partial charge is 0.497 e. The van der Waals surface area contributed by atoms with Crippen molar-refractivity contribution in [2.24, 2.45) is 5.92 Å². The van der Waals surface area contributed by atoms with Crippen LogP contribution in [0.1, 0.15) is 56.1 Å². The molecule has 5 heteroatoms. The van der Waals surface area contributed by atoms with Crippen LogP contribution in [-0.2, 0) is 25.6 Å². The number of esters is 1. The number of ether oxygens (including phenoxy) is 4. The minimum absolute atomic E-state index is 0.138. The van der Waals surface area contributed by atoms with Gasteiger partial charge in [0.15, 0.2) is 0 Å². The lowest BCUT2D eigenvalue weighted by atomic mass is 9.85. The lowest BCUT2D eigenvalue weighted by molar-refractivity contribution is -0.161. The molecule has 0 unspecified atom stereocenters. The van der Waals surface area contributed by atoms with Crippen LogP contribution in [0.15, 0.2) is 60.2 Å². The van der Waals surface area contributed by atoms with Crippen LogP contribution in [0.25, 0.3) is 0 Å². The monoisotopic (exact) mass is 422 g/mol. The molecule has 2 aromatic carbocycles. The summed E-state index contributed by atoms with van der Waals surface area (Å²) in [5.74, 6) is 0.182. The van der Waals surface area contributed by atoms with Crippen molar-refractivity contribution in [3.63, 3.8) is 0 Å². The van der Waals surface area contributed by atoms with Gasteiger partial charge in [-0.3, -0.25) is 4.79 Å². The van der Waals surface area contributed by atoms with Crippen LogP contribution >= 0.6 is 0 Å². The van der Waals surface area contributed by atoms with Crippen molar-refractivity contribution in [2.75, 3.05) is 7.11 Å². The van der Waals surface area contributed by atoms with Crippen LogP contribution in [0.5, 0.6) is 5.75 Å². The first-order chi connectivity index (χ1) is 15.0. The summed E-state index contributed by atoms with van der Waals surface area (Å²) in [7, 11) is 1.65. The Morgan fingerprint density at radius 1 is 1.00 bits per heavy atom. The summed E-state index contributed by atoms with van der Waals surface area (Å²) in [5.41, 5.74) is 4.19. The van der Waals surface area contributed by atoms with E-state index in [-0.39, 0.29) is 30.4 Å². The van der Waals surface area contributed by atoms with E-state index in [1.807, 2.05) is 75.4 Å². The highest BCUT2D eigenvalue weighted by atomic mass is 16.6. The fourth-order valence-corrected chi connectivity index (χ4v) is 4.40. The summed E-state index contributed by atoms with van der Waals surface area (Å²) >= 11 is 0. The Morgan fingerprint density at radius 3 is 2.35 bits per heavy atom. The van der Waals surface area contributed by atoms with E-state index in [1.165, 1.54) is 0 Å². The molecule has 1 heterocycles. The zero-order valence-corrected chi connectivity index (χ0v) is 18.5.